The smallest absolute Gasteiger partial charge is 0.405 e. The molecular formula is C34H38N8O5. The minimum Gasteiger partial charge on any atom is -0.465 e. The minimum atomic E-state index is -1.32. The number of amides is 4. The van der Waals surface area contributed by atoms with Gasteiger partial charge in [-0.25, -0.2) is 4.79 Å². The van der Waals surface area contributed by atoms with Gasteiger partial charge in [0.1, 0.15) is 12.1 Å². The van der Waals surface area contributed by atoms with E-state index in [0.29, 0.717) is 43.9 Å². The van der Waals surface area contributed by atoms with Gasteiger partial charge >= 0.3 is 6.09 Å². The van der Waals surface area contributed by atoms with Gasteiger partial charge in [-0.05, 0) is 74.4 Å². The van der Waals surface area contributed by atoms with E-state index < -0.39 is 30.0 Å². The molecule has 0 radical (unpaired) electrons. The maximum Gasteiger partial charge on any atom is 0.405 e. The van der Waals surface area contributed by atoms with Crippen molar-refractivity contribution < 1.29 is 24.3 Å². The average molecular weight is 639 g/mol. The summed E-state index contributed by atoms with van der Waals surface area (Å²) < 4.78 is 0. The lowest BCUT2D eigenvalue weighted by Gasteiger charge is -2.21. The van der Waals surface area contributed by atoms with Crippen LogP contribution < -0.4 is 21.3 Å². The fraction of sp³-hybridized carbons (Fsp3) is 0.265. The third-order valence-corrected chi connectivity index (χ3v) is 7.11. The quantitative estimate of drug-likeness (QED) is 0.131. The number of benzene rings is 1. The molecule has 0 spiro atoms. The lowest BCUT2D eigenvalue weighted by atomic mass is 10.1. The molecule has 0 fully saturated rings. The zero-order chi connectivity index (χ0) is 33.6. The number of pyridine rings is 3. The number of aromatic nitrogens is 3. The average Bonchev–Trinajstić information content (AvgIpc) is 3.06. The Morgan fingerprint density at radius 1 is 0.723 bits per heavy atom. The third kappa shape index (κ3) is 11.3. The van der Waals surface area contributed by atoms with E-state index in [2.05, 4.69) is 35.8 Å². The van der Waals surface area contributed by atoms with Crippen molar-refractivity contribution in [1.29, 1.82) is 0 Å². The van der Waals surface area contributed by atoms with Crippen molar-refractivity contribution in [3.63, 3.8) is 0 Å². The zero-order valence-electron chi connectivity index (χ0n) is 26.2. The van der Waals surface area contributed by atoms with Gasteiger partial charge in [0.15, 0.2) is 0 Å². The molecule has 3 aromatic heterocycles. The molecular weight excluding hydrogens is 600 g/mol. The van der Waals surface area contributed by atoms with Crippen molar-refractivity contribution in [3.8, 4) is 0 Å². The molecule has 4 aromatic rings. The van der Waals surface area contributed by atoms with E-state index in [1.807, 2.05) is 59.9 Å². The predicted octanol–water partition coefficient (Wildman–Crippen LogP) is 3.15. The molecule has 0 aliphatic rings. The maximum atomic E-state index is 12.9. The Balaban J connectivity index is 1.24. The van der Waals surface area contributed by atoms with Gasteiger partial charge in [0.25, 0.3) is 5.91 Å². The van der Waals surface area contributed by atoms with Crippen LogP contribution in [0.25, 0.3) is 0 Å². The summed E-state index contributed by atoms with van der Waals surface area (Å²) in [4.78, 5) is 63.6. The second-order valence-electron chi connectivity index (χ2n) is 10.9. The van der Waals surface area contributed by atoms with Crippen molar-refractivity contribution in [2.24, 2.45) is 0 Å². The van der Waals surface area contributed by atoms with E-state index in [1.165, 1.54) is 13.8 Å². The lowest BCUT2D eigenvalue weighted by molar-refractivity contribution is -0.129. The first-order chi connectivity index (χ1) is 22.7. The van der Waals surface area contributed by atoms with Crippen LogP contribution in [0.4, 0.5) is 10.5 Å². The van der Waals surface area contributed by atoms with Crippen LogP contribution in [0.3, 0.4) is 0 Å². The molecule has 4 rings (SSSR count). The minimum absolute atomic E-state index is 0.285. The summed E-state index contributed by atoms with van der Waals surface area (Å²) >= 11 is 0. The first kappa shape index (κ1) is 34.2. The van der Waals surface area contributed by atoms with Crippen LogP contribution in [0.5, 0.6) is 0 Å². The number of nitrogens with one attached hydrogen (secondary N) is 4. The Morgan fingerprint density at radius 3 is 1.85 bits per heavy atom. The summed E-state index contributed by atoms with van der Waals surface area (Å²) in [5, 5.41) is 18.9. The van der Waals surface area contributed by atoms with E-state index in [9.17, 15) is 19.2 Å². The zero-order valence-corrected chi connectivity index (χ0v) is 26.2. The van der Waals surface area contributed by atoms with Crippen molar-refractivity contribution >= 4 is 29.5 Å². The summed E-state index contributed by atoms with van der Waals surface area (Å²) in [5.74, 6) is -1.27. The van der Waals surface area contributed by atoms with Crippen LogP contribution in [-0.2, 0) is 35.6 Å². The standard InChI is InChI=1S/C34H38N8O5/c1-23(39-32(44)24(2)40-34(46)47)31(43)37-18-15-25-9-12-27(13-10-25)41-33(45)26-11-14-30(38-19-26)22-42(20-28-7-3-5-16-35-28)21-29-8-4-6-17-36-29/h3-14,16-17,19,23-24,40H,15,18,20-22H2,1-2H3,(H,37,43)(H,39,44)(H,41,45)(H,46,47)/t23-,24-/m1/s1. The van der Waals surface area contributed by atoms with Gasteiger partial charge < -0.3 is 26.4 Å². The van der Waals surface area contributed by atoms with Gasteiger partial charge in [0.2, 0.25) is 11.8 Å². The highest BCUT2D eigenvalue weighted by Crippen LogP contribution is 2.14. The number of anilines is 1. The number of hydrogen-bond donors (Lipinski definition) is 5. The monoisotopic (exact) mass is 638 g/mol. The van der Waals surface area contributed by atoms with Crippen molar-refractivity contribution in [2.75, 3.05) is 11.9 Å². The number of carbonyl (C=O) groups is 4. The molecule has 0 aliphatic carbocycles. The number of hydrogen-bond acceptors (Lipinski definition) is 8. The summed E-state index contributed by atoms with van der Waals surface area (Å²) in [7, 11) is 0. The van der Waals surface area contributed by atoms with Gasteiger partial charge in [-0.1, -0.05) is 24.3 Å². The molecule has 244 valence electrons. The van der Waals surface area contributed by atoms with E-state index >= 15 is 0 Å². The number of carboxylic acid groups (broad SMARTS) is 1. The Morgan fingerprint density at radius 2 is 1.32 bits per heavy atom. The van der Waals surface area contributed by atoms with Crippen LogP contribution in [0, 0.1) is 0 Å². The lowest BCUT2D eigenvalue weighted by Crippen LogP contribution is -2.51. The van der Waals surface area contributed by atoms with Crippen LogP contribution in [0.1, 0.15) is 46.9 Å². The summed E-state index contributed by atoms with van der Waals surface area (Å²) in [6.07, 6.45) is 4.31. The first-order valence-corrected chi connectivity index (χ1v) is 15.1. The highest BCUT2D eigenvalue weighted by molar-refractivity contribution is 6.04. The fourth-order valence-electron chi connectivity index (χ4n) is 4.59. The second kappa shape index (κ2) is 17.1. The highest BCUT2D eigenvalue weighted by Gasteiger charge is 2.20. The first-order valence-electron chi connectivity index (χ1n) is 15.1. The number of rotatable bonds is 15. The van der Waals surface area contributed by atoms with E-state index in [0.717, 1.165) is 22.6 Å². The van der Waals surface area contributed by atoms with Gasteiger partial charge in [-0.15, -0.1) is 0 Å². The predicted molar refractivity (Wildman–Crippen MR) is 175 cm³/mol. The molecule has 2 atom stereocenters. The molecule has 0 aliphatic heterocycles. The van der Waals surface area contributed by atoms with Gasteiger partial charge in [-0.2, -0.15) is 0 Å². The van der Waals surface area contributed by atoms with Crippen molar-refractivity contribution in [3.05, 3.63) is 120 Å². The molecule has 5 N–H and O–H groups in total. The van der Waals surface area contributed by atoms with E-state index in [4.69, 9.17) is 5.11 Å². The topological polar surface area (TPSA) is 179 Å². The third-order valence-electron chi connectivity index (χ3n) is 7.11. The van der Waals surface area contributed by atoms with Crippen LogP contribution in [0.15, 0.2) is 91.4 Å². The molecule has 3 heterocycles. The van der Waals surface area contributed by atoms with Gasteiger partial charge in [-0.3, -0.25) is 34.2 Å². The fourth-order valence-corrected chi connectivity index (χ4v) is 4.59. The van der Waals surface area contributed by atoms with E-state index in [-0.39, 0.29) is 5.91 Å². The molecule has 13 heteroatoms. The Bertz CT molecular complexity index is 1580. The van der Waals surface area contributed by atoms with Crippen LogP contribution in [-0.4, -0.2) is 67.4 Å². The molecule has 0 bridgehead atoms. The van der Waals surface area contributed by atoms with Crippen molar-refractivity contribution in [2.45, 2.75) is 52.0 Å². The molecule has 47 heavy (non-hydrogen) atoms. The normalized spacial score (nSPS) is 12.1. The summed E-state index contributed by atoms with van der Waals surface area (Å²) in [5.41, 5.74) is 4.67. The largest absolute Gasteiger partial charge is 0.465 e. The molecule has 0 saturated heterocycles. The number of carbonyl (C=O) groups excluding carboxylic acids is 3. The van der Waals surface area contributed by atoms with Crippen LogP contribution in [0.2, 0.25) is 0 Å². The molecule has 4 amide bonds. The Hall–Kier alpha value is -5.69. The highest BCUT2D eigenvalue weighted by atomic mass is 16.4. The molecule has 13 nitrogen and oxygen atoms in total. The van der Waals surface area contributed by atoms with Crippen molar-refractivity contribution in [1.82, 2.24) is 35.8 Å². The molecule has 0 unspecified atom stereocenters. The summed E-state index contributed by atoms with van der Waals surface area (Å²) in [6.45, 7) is 5.02. The summed E-state index contributed by atoms with van der Waals surface area (Å²) in [6, 6.07) is 20.7. The second-order valence-corrected chi connectivity index (χ2v) is 10.9. The maximum absolute atomic E-state index is 12.9. The molecule has 0 saturated carbocycles. The molecule has 1 aromatic carbocycles. The van der Waals surface area contributed by atoms with Gasteiger partial charge in [0, 0.05) is 50.5 Å². The van der Waals surface area contributed by atoms with E-state index in [1.54, 1.807) is 36.8 Å². The van der Waals surface area contributed by atoms with Gasteiger partial charge in [0.05, 0.1) is 22.6 Å². The van der Waals surface area contributed by atoms with Crippen LogP contribution >= 0.6 is 0 Å². The SMILES string of the molecule is C[C@@H](NC(=O)O)C(=O)N[C@H](C)C(=O)NCCc1ccc(NC(=O)c2ccc(CN(Cc3ccccn3)Cc3ccccn3)nc2)cc1. The Labute approximate surface area is 272 Å². The number of nitrogens with zero attached hydrogens (tertiary/aromatic N) is 4. The Kier molecular flexibility index (Phi) is 12.5.